The lowest BCUT2D eigenvalue weighted by Crippen LogP contribution is -2.29. The highest BCUT2D eigenvalue weighted by Gasteiger charge is 2.39. The molecular weight excluding hydrogens is 452 g/mol. The van der Waals surface area contributed by atoms with Crippen molar-refractivity contribution in [2.24, 2.45) is 0 Å². The summed E-state index contributed by atoms with van der Waals surface area (Å²) in [6.45, 7) is 0.112. The van der Waals surface area contributed by atoms with E-state index in [1.54, 1.807) is 37.6 Å². The van der Waals surface area contributed by atoms with Gasteiger partial charge in [-0.2, -0.15) is 0 Å². The third kappa shape index (κ3) is 5.08. The highest BCUT2D eigenvalue weighted by atomic mass is 16.5. The average molecular weight is 481 g/mol. The van der Waals surface area contributed by atoms with Crippen molar-refractivity contribution in [1.29, 1.82) is 0 Å². The molecule has 36 heavy (non-hydrogen) atoms. The van der Waals surface area contributed by atoms with Crippen LogP contribution >= 0.6 is 0 Å². The number of carbonyl (C=O) groups excluding carboxylic acids is 2. The van der Waals surface area contributed by atoms with E-state index in [0.717, 1.165) is 36.8 Å². The summed E-state index contributed by atoms with van der Waals surface area (Å²) < 4.78 is 11.7. The molecule has 2 aromatic carbocycles. The van der Waals surface area contributed by atoms with Crippen LogP contribution in [0.3, 0.4) is 0 Å². The second-order valence-corrected chi connectivity index (χ2v) is 8.98. The van der Waals surface area contributed by atoms with Crippen LogP contribution in [0.4, 0.5) is 0 Å². The van der Waals surface area contributed by atoms with Gasteiger partial charge >= 0.3 is 0 Å². The van der Waals surface area contributed by atoms with Crippen LogP contribution in [-0.2, 0) is 16.1 Å². The number of hydrogen-bond donors (Lipinski definition) is 0. The van der Waals surface area contributed by atoms with E-state index in [0.29, 0.717) is 28.3 Å². The fraction of sp³-hybridized carbons (Fsp3) is 0.233. The number of hydrogen-bond acceptors (Lipinski definition) is 5. The maximum atomic E-state index is 13.5. The number of carbonyl (C=O) groups is 2. The van der Waals surface area contributed by atoms with Crippen LogP contribution in [0.15, 0.2) is 84.1 Å². The van der Waals surface area contributed by atoms with E-state index in [9.17, 15) is 9.59 Å². The quantitative estimate of drug-likeness (QED) is 0.332. The van der Waals surface area contributed by atoms with Crippen LogP contribution in [-0.4, -0.2) is 34.9 Å². The first-order chi connectivity index (χ1) is 17.6. The predicted octanol–water partition coefficient (Wildman–Crippen LogP) is 5.45. The Morgan fingerprint density at radius 1 is 0.861 bits per heavy atom. The van der Waals surface area contributed by atoms with Gasteiger partial charge in [-0.15, -0.1) is 0 Å². The number of benzene rings is 2. The van der Waals surface area contributed by atoms with Crippen LogP contribution in [0.2, 0.25) is 0 Å². The van der Waals surface area contributed by atoms with Crippen LogP contribution in [0.25, 0.3) is 12.2 Å². The minimum absolute atomic E-state index is 0.112. The standard InChI is InChI=1S/C30H28N2O4/c1-35-27-15-14-22(19-28(27)36-24-12-5-6-13-24)18-26-25(17-21-9-3-2-4-10-21)29(33)32(30(26)34)20-23-11-7-8-16-31-23/h2-4,7-11,14-19,24H,5-6,12-13,20H2,1H3. The van der Waals surface area contributed by atoms with Crippen molar-refractivity contribution >= 4 is 24.0 Å². The fourth-order valence-corrected chi connectivity index (χ4v) is 4.63. The Morgan fingerprint density at radius 3 is 2.22 bits per heavy atom. The van der Waals surface area contributed by atoms with E-state index >= 15 is 0 Å². The first kappa shape index (κ1) is 23.5. The van der Waals surface area contributed by atoms with Gasteiger partial charge in [0.25, 0.3) is 11.8 Å². The largest absolute Gasteiger partial charge is 0.493 e. The van der Waals surface area contributed by atoms with Gasteiger partial charge in [0.2, 0.25) is 0 Å². The van der Waals surface area contributed by atoms with Crippen molar-refractivity contribution in [2.45, 2.75) is 38.3 Å². The zero-order chi connectivity index (χ0) is 24.9. The molecule has 0 spiro atoms. The molecule has 3 aromatic rings. The highest BCUT2D eigenvalue weighted by molar-refractivity contribution is 6.28. The van der Waals surface area contributed by atoms with Gasteiger partial charge in [-0.05, 0) is 73.2 Å². The van der Waals surface area contributed by atoms with Crippen molar-refractivity contribution in [2.75, 3.05) is 7.11 Å². The van der Waals surface area contributed by atoms with Gasteiger partial charge < -0.3 is 9.47 Å². The van der Waals surface area contributed by atoms with Gasteiger partial charge in [-0.3, -0.25) is 19.5 Å². The number of methoxy groups -OCH3 is 1. The highest BCUT2D eigenvalue weighted by Crippen LogP contribution is 2.35. The van der Waals surface area contributed by atoms with Crippen LogP contribution < -0.4 is 9.47 Å². The van der Waals surface area contributed by atoms with Crippen molar-refractivity contribution in [3.8, 4) is 11.5 Å². The maximum Gasteiger partial charge on any atom is 0.261 e. The van der Waals surface area contributed by atoms with Gasteiger partial charge in [0, 0.05) is 6.20 Å². The molecule has 0 bridgehead atoms. The summed E-state index contributed by atoms with van der Waals surface area (Å²) in [6.07, 6.45) is 9.71. The van der Waals surface area contributed by atoms with Gasteiger partial charge in [0.15, 0.2) is 11.5 Å². The molecule has 0 unspecified atom stereocenters. The lowest BCUT2D eigenvalue weighted by Gasteiger charge is -2.16. The number of ether oxygens (including phenoxy) is 2. The van der Waals surface area contributed by atoms with E-state index in [2.05, 4.69) is 4.98 Å². The maximum absolute atomic E-state index is 13.5. The number of imide groups is 1. The molecule has 2 fully saturated rings. The minimum atomic E-state index is -0.345. The molecule has 0 atom stereocenters. The van der Waals surface area contributed by atoms with Gasteiger partial charge in [0.1, 0.15) is 0 Å². The molecule has 2 heterocycles. The Morgan fingerprint density at radius 2 is 1.56 bits per heavy atom. The molecule has 1 aliphatic carbocycles. The van der Waals surface area contributed by atoms with E-state index in [4.69, 9.17) is 9.47 Å². The van der Waals surface area contributed by atoms with Crippen LogP contribution in [0.5, 0.6) is 11.5 Å². The summed E-state index contributed by atoms with van der Waals surface area (Å²) >= 11 is 0. The summed E-state index contributed by atoms with van der Waals surface area (Å²) in [5.74, 6) is 0.614. The molecule has 5 rings (SSSR count). The Hall–Kier alpha value is -4.19. The van der Waals surface area contributed by atoms with E-state index in [-0.39, 0.29) is 24.5 Å². The number of likely N-dealkylation sites (tertiary alicyclic amines) is 1. The SMILES string of the molecule is COc1ccc(C=C2C(=O)N(Cc3ccccn3)C(=O)C2=Cc2ccccc2)cc1OC1CCCC1. The topological polar surface area (TPSA) is 68.7 Å². The summed E-state index contributed by atoms with van der Waals surface area (Å²) in [5.41, 5.74) is 2.96. The van der Waals surface area contributed by atoms with Crippen LogP contribution in [0, 0.1) is 0 Å². The number of amides is 2. The third-order valence-corrected chi connectivity index (χ3v) is 6.49. The Balaban J connectivity index is 1.53. The lowest BCUT2D eigenvalue weighted by molar-refractivity contribution is -0.137. The van der Waals surface area contributed by atoms with Gasteiger partial charge in [-0.25, -0.2) is 0 Å². The monoisotopic (exact) mass is 480 g/mol. The number of nitrogens with zero attached hydrogens (tertiary/aromatic N) is 2. The Kier molecular flexibility index (Phi) is 6.94. The Labute approximate surface area is 210 Å². The van der Waals surface area contributed by atoms with Crippen molar-refractivity contribution in [3.63, 3.8) is 0 Å². The lowest BCUT2D eigenvalue weighted by atomic mass is 10.0. The average Bonchev–Trinajstić information content (AvgIpc) is 3.49. The van der Waals surface area contributed by atoms with E-state index < -0.39 is 0 Å². The molecule has 0 N–H and O–H groups in total. The normalized spacial score (nSPS) is 18.4. The molecule has 6 heteroatoms. The summed E-state index contributed by atoms with van der Waals surface area (Å²) in [6, 6.07) is 20.6. The molecule has 6 nitrogen and oxygen atoms in total. The molecule has 1 saturated heterocycles. The first-order valence-corrected chi connectivity index (χ1v) is 12.2. The molecule has 0 radical (unpaired) electrons. The Bertz CT molecular complexity index is 1310. The summed E-state index contributed by atoms with van der Waals surface area (Å²) in [7, 11) is 1.62. The number of rotatable bonds is 7. The molecular formula is C30H28N2O4. The molecule has 1 aliphatic heterocycles. The van der Waals surface area contributed by atoms with E-state index in [1.807, 2.05) is 54.6 Å². The second-order valence-electron chi connectivity index (χ2n) is 8.98. The van der Waals surface area contributed by atoms with Gasteiger partial charge in [-0.1, -0.05) is 42.5 Å². The molecule has 182 valence electrons. The van der Waals surface area contributed by atoms with Gasteiger partial charge in [0.05, 0.1) is 36.6 Å². The zero-order valence-corrected chi connectivity index (χ0v) is 20.2. The number of aromatic nitrogens is 1. The molecule has 1 aromatic heterocycles. The second kappa shape index (κ2) is 10.6. The zero-order valence-electron chi connectivity index (χ0n) is 20.2. The minimum Gasteiger partial charge on any atom is -0.493 e. The van der Waals surface area contributed by atoms with Crippen LogP contribution in [0.1, 0.15) is 42.5 Å². The smallest absolute Gasteiger partial charge is 0.261 e. The van der Waals surface area contributed by atoms with Crippen molar-refractivity contribution in [3.05, 3.63) is 101 Å². The van der Waals surface area contributed by atoms with Crippen molar-refractivity contribution < 1.29 is 19.1 Å². The summed E-state index contributed by atoms with van der Waals surface area (Å²) in [5, 5.41) is 0. The van der Waals surface area contributed by atoms with E-state index in [1.165, 1.54) is 4.90 Å². The molecule has 2 amide bonds. The van der Waals surface area contributed by atoms with Crippen molar-refractivity contribution in [1.82, 2.24) is 9.88 Å². The molecule has 2 aliphatic rings. The predicted molar refractivity (Wildman–Crippen MR) is 138 cm³/mol. The molecule has 1 saturated carbocycles. The first-order valence-electron chi connectivity index (χ1n) is 12.2. The number of pyridine rings is 1. The summed E-state index contributed by atoms with van der Waals surface area (Å²) in [4.78, 5) is 32.5. The fourth-order valence-electron chi connectivity index (χ4n) is 4.63. The third-order valence-electron chi connectivity index (χ3n) is 6.49.